The number of benzene rings is 7. The summed E-state index contributed by atoms with van der Waals surface area (Å²) in [7, 11) is 0. The molecule has 0 aliphatic rings. The van der Waals surface area contributed by atoms with Crippen LogP contribution in [-0.4, -0.2) is 19.5 Å². The van der Waals surface area contributed by atoms with E-state index in [4.69, 9.17) is 15.0 Å². The second-order valence-corrected chi connectivity index (χ2v) is 14.6. The number of alkyl halides is 9. The summed E-state index contributed by atoms with van der Waals surface area (Å²) in [6.07, 6.45) is -14.7. The minimum absolute atomic E-state index is 0.0421. The first-order valence-electron chi connectivity index (χ1n) is 19.1. The average Bonchev–Trinajstić information content (AvgIpc) is 3.58. The first-order valence-corrected chi connectivity index (χ1v) is 19.1. The molecule has 4 nitrogen and oxygen atoms in total. The van der Waals surface area contributed by atoms with Gasteiger partial charge in [0.1, 0.15) is 0 Å². The highest BCUT2D eigenvalue weighted by atomic mass is 19.4. The van der Waals surface area contributed by atoms with Crippen LogP contribution in [0.4, 0.5) is 39.5 Å². The van der Waals surface area contributed by atoms with E-state index >= 15 is 26.3 Å². The monoisotopic (exact) mass is 844 g/mol. The highest BCUT2D eigenvalue weighted by Crippen LogP contribution is 2.49. The van der Waals surface area contributed by atoms with E-state index in [1.54, 1.807) is 85.8 Å². The van der Waals surface area contributed by atoms with Gasteiger partial charge < -0.3 is 4.57 Å². The molecule has 0 bridgehead atoms. The third-order valence-corrected chi connectivity index (χ3v) is 10.6. The molecule has 0 amide bonds. The number of rotatable bonds is 6. The number of nitrogens with zero attached hydrogens (tertiary/aromatic N) is 4. The van der Waals surface area contributed by atoms with Crippen molar-refractivity contribution in [2.75, 3.05) is 0 Å². The van der Waals surface area contributed by atoms with Crippen molar-refractivity contribution in [3.05, 3.63) is 180 Å². The van der Waals surface area contributed by atoms with E-state index in [0.717, 1.165) is 24.3 Å². The number of hydrogen-bond acceptors (Lipinski definition) is 3. The molecule has 0 unspecified atom stereocenters. The summed E-state index contributed by atoms with van der Waals surface area (Å²) in [4.78, 5) is 14.2. The first-order chi connectivity index (χ1) is 29.6. The van der Waals surface area contributed by atoms with Gasteiger partial charge in [-0.1, -0.05) is 109 Å². The van der Waals surface area contributed by atoms with Crippen molar-refractivity contribution in [3.63, 3.8) is 0 Å². The van der Waals surface area contributed by atoms with E-state index < -0.39 is 46.3 Å². The summed E-state index contributed by atoms with van der Waals surface area (Å²) in [6.45, 7) is 1.73. The van der Waals surface area contributed by atoms with Crippen LogP contribution in [0.25, 0.3) is 83.9 Å². The van der Waals surface area contributed by atoms with Gasteiger partial charge in [0.2, 0.25) is 0 Å². The molecule has 13 heteroatoms. The molecule has 62 heavy (non-hydrogen) atoms. The standard InChI is InChI=1S/C49H29F9N4/c1-28-20-22-41-35(24-28)36-27-32(47(50,51)52)21-23-42(36)62(41)43-37(33-16-8-10-18-39(33)48(53,54)55)25-31(26-38(43)34-17-9-11-19-40(34)49(56,57)58)46-60-44(29-12-4-2-5-13-29)59-45(61-46)30-14-6-3-7-15-30/h2-27H,1H3. The predicted molar refractivity (Wildman–Crippen MR) is 221 cm³/mol. The second kappa shape index (κ2) is 15.0. The molecule has 9 aromatic rings. The molecule has 0 aliphatic heterocycles. The Morgan fingerprint density at radius 1 is 0.387 bits per heavy atom. The van der Waals surface area contributed by atoms with Crippen LogP contribution in [0.3, 0.4) is 0 Å². The van der Waals surface area contributed by atoms with Gasteiger partial charge in [0.05, 0.1) is 33.4 Å². The first kappa shape index (κ1) is 40.1. The number of hydrogen-bond donors (Lipinski definition) is 0. The lowest BCUT2D eigenvalue weighted by Gasteiger charge is -2.24. The summed E-state index contributed by atoms with van der Waals surface area (Å²) in [5, 5.41) is 0.392. The van der Waals surface area contributed by atoms with Crippen LogP contribution in [0.5, 0.6) is 0 Å². The minimum Gasteiger partial charge on any atom is -0.308 e. The topological polar surface area (TPSA) is 43.6 Å². The minimum atomic E-state index is -4.96. The van der Waals surface area contributed by atoms with Gasteiger partial charge in [-0.05, 0) is 72.6 Å². The molecule has 0 atom stereocenters. The van der Waals surface area contributed by atoms with Gasteiger partial charge in [-0.15, -0.1) is 0 Å². The molecule has 308 valence electrons. The van der Waals surface area contributed by atoms with Gasteiger partial charge in [-0.2, -0.15) is 39.5 Å². The van der Waals surface area contributed by atoms with Crippen LogP contribution in [0.15, 0.2) is 158 Å². The Morgan fingerprint density at radius 2 is 0.806 bits per heavy atom. The van der Waals surface area contributed by atoms with Crippen molar-refractivity contribution in [2.24, 2.45) is 0 Å². The molecule has 0 saturated carbocycles. The number of halogens is 9. The van der Waals surface area contributed by atoms with E-state index in [1.807, 2.05) is 0 Å². The van der Waals surface area contributed by atoms with E-state index in [0.29, 0.717) is 22.1 Å². The second-order valence-electron chi connectivity index (χ2n) is 14.6. The highest BCUT2D eigenvalue weighted by Gasteiger charge is 2.38. The quantitative estimate of drug-likeness (QED) is 0.157. The van der Waals surface area contributed by atoms with Crippen molar-refractivity contribution < 1.29 is 39.5 Å². The highest BCUT2D eigenvalue weighted by molar-refractivity contribution is 6.11. The van der Waals surface area contributed by atoms with Gasteiger partial charge in [0.15, 0.2) is 17.5 Å². The number of aryl methyl sites for hydroxylation is 1. The SMILES string of the molecule is Cc1ccc2c(c1)c1cc(C(F)(F)F)ccc1n2-c1c(-c2ccccc2C(F)(F)F)cc(-c2nc(-c3ccccc3)nc(-c3ccccc3)n2)cc1-c1ccccc1C(F)(F)F. The van der Waals surface area contributed by atoms with Crippen molar-refractivity contribution in [2.45, 2.75) is 25.5 Å². The molecule has 0 aliphatic carbocycles. The lowest BCUT2D eigenvalue weighted by molar-refractivity contribution is -0.138. The smallest absolute Gasteiger partial charge is 0.308 e. The maximum atomic E-state index is 15.2. The van der Waals surface area contributed by atoms with Gasteiger partial charge >= 0.3 is 18.5 Å². The van der Waals surface area contributed by atoms with Gasteiger partial charge in [0, 0.05) is 38.6 Å². The summed E-state index contributed by atoms with van der Waals surface area (Å²) >= 11 is 0. The molecule has 0 radical (unpaired) electrons. The van der Waals surface area contributed by atoms with Crippen molar-refractivity contribution >= 4 is 21.8 Å². The van der Waals surface area contributed by atoms with E-state index in [2.05, 4.69) is 0 Å². The Morgan fingerprint density at radius 3 is 1.27 bits per heavy atom. The largest absolute Gasteiger partial charge is 0.417 e. The summed E-state index contributed by atoms with van der Waals surface area (Å²) < 4.78 is 135. The Bertz CT molecular complexity index is 3010. The van der Waals surface area contributed by atoms with Crippen molar-refractivity contribution in [3.8, 4) is 62.1 Å². The molecule has 2 heterocycles. The Hall–Kier alpha value is -7.28. The lowest BCUT2D eigenvalue weighted by Crippen LogP contribution is -2.11. The zero-order valence-corrected chi connectivity index (χ0v) is 32.2. The number of aromatic nitrogens is 4. The molecular formula is C49H29F9N4. The zero-order chi connectivity index (χ0) is 43.6. The van der Waals surface area contributed by atoms with E-state index in [-0.39, 0.29) is 56.3 Å². The summed E-state index contributed by atoms with van der Waals surface area (Å²) in [5.74, 6) is 0.311. The normalized spacial score (nSPS) is 12.4. The summed E-state index contributed by atoms with van der Waals surface area (Å²) in [6, 6.07) is 37.6. The molecule has 0 N–H and O–H groups in total. The Kier molecular flexibility index (Phi) is 9.72. The van der Waals surface area contributed by atoms with E-state index in [9.17, 15) is 13.2 Å². The Balaban J connectivity index is 1.49. The molecule has 0 fully saturated rings. The zero-order valence-electron chi connectivity index (χ0n) is 32.2. The van der Waals surface area contributed by atoms with Gasteiger partial charge in [-0.3, -0.25) is 0 Å². The van der Waals surface area contributed by atoms with E-state index in [1.165, 1.54) is 59.2 Å². The fourth-order valence-corrected chi connectivity index (χ4v) is 7.84. The van der Waals surface area contributed by atoms with Gasteiger partial charge in [0.25, 0.3) is 0 Å². The van der Waals surface area contributed by atoms with Crippen LogP contribution >= 0.6 is 0 Å². The summed E-state index contributed by atoms with van der Waals surface area (Å²) in [5.41, 5.74) is -2.34. The number of fused-ring (bicyclic) bond motifs is 3. The molecular weight excluding hydrogens is 816 g/mol. The maximum Gasteiger partial charge on any atom is 0.417 e. The molecule has 9 rings (SSSR count). The molecule has 2 aromatic heterocycles. The molecule has 0 saturated heterocycles. The molecule has 0 spiro atoms. The van der Waals surface area contributed by atoms with Crippen LogP contribution in [0.2, 0.25) is 0 Å². The van der Waals surface area contributed by atoms with Crippen molar-refractivity contribution in [1.82, 2.24) is 19.5 Å². The van der Waals surface area contributed by atoms with Crippen LogP contribution in [-0.2, 0) is 18.5 Å². The van der Waals surface area contributed by atoms with Crippen molar-refractivity contribution in [1.29, 1.82) is 0 Å². The molecule has 7 aromatic carbocycles. The average molecular weight is 845 g/mol. The fraction of sp³-hybridized carbons (Fsp3) is 0.0816. The van der Waals surface area contributed by atoms with Crippen LogP contribution < -0.4 is 0 Å². The third kappa shape index (κ3) is 7.33. The van der Waals surface area contributed by atoms with Gasteiger partial charge in [-0.25, -0.2) is 15.0 Å². The maximum absolute atomic E-state index is 15.2. The van der Waals surface area contributed by atoms with Crippen LogP contribution in [0.1, 0.15) is 22.3 Å². The predicted octanol–water partition coefficient (Wildman–Crippen LogP) is 14.7. The van der Waals surface area contributed by atoms with Crippen LogP contribution in [0, 0.1) is 6.92 Å². The fourth-order valence-electron chi connectivity index (χ4n) is 7.84. The lowest BCUT2D eigenvalue weighted by atomic mass is 9.88. The Labute approximate surface area is 347 Å². The third-order valence-electron chi connectivity index (χ3n) is 10.6.